The summed E-state index contributed by atoms with van der Waals surface area (Å²) in [7, 11) is 0. The predicted molar refractivity (Wildman–Crippen MR) is 76.4 cm³/mol. The van der Waals surface area contributed by atoms with Crippen LogP contribution in [0, 0.1) is 10.1 Å². The summed E-state index contributed by atoms with van der Waals surface area (Å²) in [5.74, 6) is 0.420. The van der Waals surface area contributed by atoms with Gasteiger partial charge in [-0.1, -0.05) is 25.7 Å². The molecule has 110 valence electrons. The number of aromatic nitrogens is 1. The number of nitrogens with zero attached hydrogens (tertiary/aromatic N) is 2. The third-order valence-electron chi connectivity index (χ3n) is 3.67. The van der Waals surface area contributed by atoms with Gasteiger partial charge in [-0.05, 0) is 12.8 Å². The van der Waals surface area contributed by atoms with Crippen LogP contribution in [0.2, 0.25) is 0 Å². The first-order chi connectivity index (χ1) is 9.48. The molecular formula is C13H20N4O3. The highest BCUT2D eigenvalue weighted by Gasteiger charge is 2.27. The third kappa shape index (κ3) is 3.80. The van der Waals surface area contributed by atoms with Gasteiger partial charge in [0, 0.05) is 6.54 Å². The number of hydrogen-bond donors (Lipinski definition) is 3. The molecule has 1 aromatic rings. The summed E-state index contributed by atoms with van der Waals surface area (Å²) in [4.78, 5) is 14.3. The van der Waals surface area contributed by atoms with Crippen molar-refractivity contribution in [2.24, 2.45) is 0 Å². The predicted octanol–water partition coefficient (Wildman–Crippen LogP) is 2.07. The van der Waals surface area contributed by atoms with Crippen LogP contribution in [-0.4, -0.2) is 27.2 Å². The largest absolute Gasteiger partial charge is 0.388 e. The van der Waals surface area contributed by atoms with Gasteiger partial charge in [-0.3, -0.25) is 10.1 Å². The number of aliphatic hydroxyl groups is 1. The highest BCUT2D eigenvalue weighted by molar-refractivity contribution is 5.52. The fourth-order valence-electron chi connectivity index (χ4n) is 2.55. The van der Waals surface area contributed by atoms with Gasteiger partial charge >= 0.3 is 0 Å². The summed E-state index contributed by atoms with van der Waals surface area (Å²) < 4.78 is 0. The molecule has 1 aliphatic rings. The normalized spacial score (nSPS) is 18.2. The van der Waals surface area contributed by atoms with Crippen LogP contribution >= 0.6 is 0 Å². The third-order valence-corrected chi connectivity index (χ3v) is 3.67. The number of rotatable bonds is 4. The number of anilines is 2. The maximum atomic E-state index is 10.8. The molecule has 0 aliphatic heterocycles. The van der Waals surface area contributed by atoms with Crippen LogP contribution in [0.25, 0.3) is 0 Å². The second-order valence-electron chi connectivity index (χ2n) is 5.38. The summed E-state index contributed by atoms with van der Waals surface area (Å²) >= 11 is 0. The molecule has 0 atom stereocenters. The summed E-state index contributed by atoms with van der Waals surface area (Å²) in [6.45, 7) is 0.334. The van der Waals surface area contributed by atoms with Crippen molar-refractivity contribution in [1.82, 2.24) is 4.98 Å². The second-order valence-corrected chi connectivity index (χ2v) is 5.38. The van der Waals surface area contributed by atoms with Crippen molar-refractivity contribution >= 4 is 17.3 Å². The van der Waals surface area contributed by atoms with Crippen molar-refractivity contribution < 1.29 is 10.0 Å². The van der Waals surface area contributed by atoms with Crippen molar-refractivity contribution in [2.45, 2.75) is 44.1 Å². The maximum absolute atomic E-state index is 10.8. The zero-order chi connectivity index (χ0) is 14.6. The Bertz CT molecular complexity index is 485. The van der Waals surface area contributed by atoms with E-state index in [1.807, 2.05) is 0 Å². The van der Waals surface area contributed by atoms with Crippen molar-refractivity contribution in [3.05, 3.63) is 22.2 Å². The molecular weight excluding hydrogens is 260 g/mol. The van der Waals surface area contributed by atoms with Crippen LogP contribution in [0.1, 0.15) is 38.5 Å². The molecule has 1 aliphatic carbocycles. The Labute approximate surface area is 117 Å². The van der Waals surface area contributed by atoms with Gasteiger partial charge in [0.2, 0.25) is 0 Å². The molecule has 7 heteroatoms. The van der Waals surface area contributed by atoms with Gasteiger partial charge in [-0.15, -0.1) is 0 Å². The van der Waals surface area contributed by atoms with Gasteiger partial charge in [-0.25, -0.2) is 4.98 Å². The monoisotopic (exact) mass is 280 g/mol. The molecule has 1 aromatic heterocycles. The minimum absolute atomic E-state index is 0.0922. The van der Waals surface area contributed by atoms with Crippen LogP contribution < -0.4 is 11.1 Å². The summed E-state index contributed by atoms with van der Waals surface area (Å²) in [6.07, 6.45) is 5.77. The highest BCUT2D eigenvalue weighted by atomic mass is 16.6. The second kappa shape index (κ2) is 6.04. The van der Waals surface area contributed by atoms with Crippen LogP contribution in [-0.2, 0) is 0 Å². The van der Waals surface area contributed by atoms with Gasteiger partial charge in [0.15, 0.2) is 0 Å². The molecule has 0 spiro atoms. The van der Waals surface area contributed by atoms with Crippen molar-refractivity contribution in [2.75, 3.05) is 17.6 Å². The lowest BCUT2D eigenvalue weighted by Gasteiger charge is -2.27. The van der Waals surface area contributed by atoms with E-state index < -0.39 is 10.5 Å². The zero-order valence-electron chi connectivity index (χ0n) is 11.3. The molecule has 1 fully saturated rings. The number of nitrogen functional groups attached to an aromatic ring is 1. The van der Waals surface area contributed by atoms with E-state index in [0.717, 1.165) is 38.5 Å². The first-order valence-corrected chi connectivity index (χ1v) is 6.87. The lowest BCUT2D eigenvalue weighted by molar-refractivity contribution is -0.384. The summed E-state index contributed by atoms with van der Waals surface area (Å²) in [5, 5.41) is 24.2. The summed E-state index contributed by atoms with van der Waals surface area (Å²) in [5.41, 5.74) is 4.68. The molecule has 0 radical (unpaired) electrons. The number of pyridine rings is 1. The molecule has 0 unspecified atom stereocenters. The number of nitrogens with one attached hydrogen (secondary N) is 1. The standard InChI is InChI=1S/C13H20N4O3/c14-11-7-10(17(19)20)8-12(16-11)15-9-13(18)5-3-1-2-4-6-13/h7-8,18H,1-6,9H2,(H3,14,15,16). The van der Waals surface area contributed by atoms with Gasteiger partial charge < -0.3 is 16.2 Å². The molecule has 0 amide bonds. The molecule has 0 bridgehead atoms. The van der Waals surface area contributed by atoms with E-state index in [-0.39, 0.29) is 11.5 Å². The Morgan fingerprint density at radius 1 is 1.35 bits per heavy atom. The Balaban J connectivity index is 2.04. The fraction of sp³-hybridized carbons (Fsp3) is 0.615. The molecule has 20 heavy (non-hydrogen) atoms. The molecule has 0 saturated heterocycles. The van der Waals surface area contributed by atoms with E-state index in [9.17, 15) is 15.2 Å². The molecule has 4 N–H and O–H groups in total. The number of hydrogen-bond acceptors (Lipinski definition) is 6. The maximum Gasteiger partial charge on any atom is 0.276 e. The van der Waals surface area contributed by atoms with Crippen LogP contribution in [0.4, 0.5) is 17.3 Å². The lowest BCUT2D eigenvalue weighted by atomic mass is 9.94. The van der Waals surface area contributed by atoms with Crippen LogP contribution in [0.15, 0.2) is 12.1 Å². The number of nitro groups is 1. The van der Waals surface area contributed by atoms with Crippen LogP contribution in [0.5, 0.6) is 0 Å². The van der Waals surface area contributed by atoms with E-state index in [0.29, 0.717) is 12.4 Å². The highest BCUT2D eigenvalue weighted by Crippen LogP contribution is 2.27. The van der Waals surface area contributed by atoms with Gasteiger partial charge in [-0.2, -0.15) is 0 Å². The Morgan fingerprint density at radius 3 is 2.60 bits per heavy atom. The quantitative estimate of drug-likeness (QED) is 0.442. The Kier molecular flexibility index (Phi) is 4.39. The average molecular weight is 280 g/mol. The lowest BCUT2D eigenvalue weighted by Crippen LogP contribution is -2.36. The van der Waals surface area contributed by atoms with Crippen molar-refractivity contribution in [1.29, 1.82) is 0 Å². The van der Waals surface area contributed by atoms with E-state index >= 15 is 0 Å². The molecule has 0 aromatic carbocycles. The van der Waals surface area contributed by atoms with E-state index in [1.54, 1.807) is 0 Å². The van der Waals surface area contributed by atoms with Crippen LogP contribution in [0.3, 0.4) is 0 Å². The first-order valence-electron chi connectivity index (χ1n) is 6.87. The van der Waals surface area contributed by atoms with Crippen molar-refractivity contribution in [3.8, 4) is 0 Å². The van der Waals surface area contributed by atoms with E-state index in [1.165, 1.54) is 12.1 Å². The van der Waals surface area contributed by atoms with E-state index in [4.69, 9.17) is 5.73 Å². The average Bonchev–Trinajstić information content (AvgIpc) is 2.61. The topological polar surface area (TPSA) is 114 Å². The fourth-order valence-corrected chi connectivity index (χ4v) is 2.55. The van der Waals surface area contributed by atoms with Crippen molar-refractivity contribution in [3.63, 3.8) is 0 Å². The minimum Gasteiger partial charge on any atom is -0.388 e. The Hall–Kier alpha value is -1.89. The molecule has 7 nitrogen and oxygen atoms in total. The minimum atomic E-state index is -0.766. The van der Waals surface area contributed by atoms with Gasteiger partial charge in [0.25, 0.3) is 5.69 Å². The van der Waals surface area contributed by atoms with E-state index in [2.05, 4.69) is 10.3 Å². The molecule has 1 saturated carbocycles. The number of nitrogens with two attached hydrogens (primary N) is 1. The first kappa shape index (κ1) is 14.5. The van der Waals surface area contributed by atoms with Gasteiger partial charge in [0.05, 0.1) is 22.7 Å². The molecule has 2 rings (SSSR count). The smallest absolute Gasteiger partial charge is 0.276 e. The SMILES string of the molecule is Nc1cc([N+](=O)[O-])cc(NCC2(O)CCCCCC2)n1. The molecule has 1 heterocycles. The Morgan fingerprint density at radius 2 is 2.00 bits per heavy atom. The zero-order valence-corrected chi connectivity index (χ0v) is 11.3. The summed E-state index contributed by atoms with van der Waals surface area (Å²) in [6, 6.07) is 2.54. The van der Waals surface area contributed by atoms with Gasteiger partial charge in [0.1, 0.15) is 11.6 Å².